The Hall–Kier alpha value is -0.610. The van der Waals surface area contributed by atoms with Crippen LogP contribution in [0, 0.1) is 23.7 Å². The normalized spacial score (nSPS) is 49.5. The van der Waals surface area contributed by atoms with E-state index in [-0.39, 0.29) is 18.1 Å². The molecule has 4 heteroatoms. The molecule has 1 amide bonds. The molecule has 0 spiro atoms. The zero-order valence-corrected chi connectivity index (χ0v) is 12.3. The van der Waals surface area contributed by atoms with Gasteiger partial charge in [-0.05, 0) is 62.2 Å². The van der Waals surface area contributed by atoms with Crippen molar-refractivity contribution in [3.63, 3.8) is 0 Å². The Bertz CT molecular complexity index is 370. The van der Waals surface area contributed by atoms with Gasteiger partial charge in [-0.25, -0.2) is 0 Å². The monoisotopic (exact) mass is 278 g/mol. The van der Waals surface area contributed by atoms with E-state index in [0.29, 0.717) is 6.04 Å². The minimum atomic E-state index is -0.0443. The molecule has 1 aliphatic heterocycles. The third-order valence-electron chi connectivity index (χ3n) is 6.28. The van der Waals surface area contributed by atoms with Crippen LogP contribution in [0.1, 0.15) is 38.5 Å². The van der Waals surface area contributed by atoms with Crippen LogP contribution in [-0.2, 0) is 9.53 Å². The molecule has 5 fully saturated rings. The fourth-order valence-corrected chi connectivity index (χ4v) is 5.51. The Kier molecular flexibility index (Phi) is 3.26. The molecule has 4 bridgehead atoms. The smallest absolute Gasteiger partial charge is 0.237 e. The molecule has 112 valence electrons. The molecule has 20 heavy (non-hydrogen) atoms. The Morgan fingerprint density at radius 1 is 1.05 bits per heavy atom. The van der Waals surface area contributed by atoms with Gasteiger partial charge in [-0.3, -0.25) is 4.79 Å². The van der Waals surface area contributed by atoms with Crippen molar-refractivity contribution in [1.29, 1.82) is 0 Å². The van der Waals surface area contributed by atoms with Crippen LogP contribution in [0.25, 0.3) is 0 Å². The van der Waals surface area contributed by atoms with E-state index < -0.39 is 0 Å². The van der Waals surface area contributed by atoms with E-state index >= 15 is 0 Å². The molecule has 4 saturated carbocycles. The molecule has 1 saturated heterocycles. The first-order chi connectivity index (χ1) is 9.72. The number of methoxy groups -OCH3 is 1. The second kappa shape index (κ2) is 4.99. The lowest BCUT2D eigenvalue weighted by molar-refractivity contribution is -0.126. The average Bonchev–Trinajstić information content (AvgIpc) is 2.91. The first-order valence-electron chi connectivity index (χ1n) is 8.29. The second-order valence-electron chi connectivity index (χ2n) is 7.52. The Morgan fingerprint density at radius 2 is 1.70 bits per heavy atom. The van der Waals surface area contributed by atoms with Gasteiger partial charge in [0.1, 0.15) is 0 Å². The highest BCUT2D eigenvalue weighted by Gasteiger charge is 2.49. The van der Waals surface area contributed by atoms with E-state index in [1.807, 2.05) is 0 Å². The predicted octanol–water partition coefficient (Wildman–Crippen LogP) is 1.30. The molecule has 5 aliphatic rings. The number of carbonyl (C=O) groups is 1. The van der Waals surface area contributed by atoms with Crippen LogP contribution in [0.5, 0.6) is 0 Å². The number of ether oxygens (including phenoxy) is 1. The van der Waals surface area contributed by atoms with Crippen LogP contribution >= 0.6 is 0 Å². The van der Waals surface area contributed by atoms with Gasteiger partial charge in [-0.15, -0.1) is 0 Å². The Labute approximate surface area is 121 Å². The fraction of sp³-hybridized carbons (Fsp3) is 0.938. The van der Waals surface area contributed by atoms with Crippen LogP contribution in [0.15, 0.2) is 0 Å². The predicted molar refractivity (Wildman–Crippen MR) is 76.2 cm³/mol. The van der Waals surface area contributed by atoms with Crippen molar-refractivity contribution in [2.45, 2.75) is 56.7 Å². The van der Waals surface area contributed by atoms with Crippen LogP contribution in [0.4, 0.5) is 0 Å². The molecular weight excluding hydrogens is 252 g/mol. The number of hydrogen-bond donors (Lipinski definition) is 2. The van der Waals surface area contributed by atoms with Crippen molar-refractivity contribution in [2.75, 3.05) is 13.7 Å². The molecule has 0 aromatic rings. The SMILES string of the molecule is COC1CNC(C(=O)NC2C3CC4CC(C3)CC2C4)C1. The Balaban J connectivity index is 1.38. The Morgan fingerprint density at radius 3 is 2.25 bits per heavy atom. The lowest BCUT2D eigenvalue weighted by Crippen LogP contribution is -2.58. The molecule has 4 nitrogen and oxygen atoms in total. The number of amides is 1. The molecule has 1 heterocycles. The molecule has 0 aromatic heterocycles. The molecule has 2 unspecified atom stereocenters. The summed E-state index contributed by atoms with van der Waals surface area (Å²) in [6.45, 7) is 0.802. The van der Waals surface area contributed by atoms with E-state index in [9.17, 15) is 4.79 Å². The molecule has 2 N–H and O–H groups in total. The second-order valence-corrected chi connectivity index (χ2v) is 7.52. The molecular formula is C16H26N2O2. The fourth-order valence-electron chi connectivity index (χ4n) is 5.51. The molecule has 4 aliphatic carbocycles. The van der Waals surface area contributed by atoms with Crippen molar-refractivity contribution in [3.8, 4) is 0 Å². The summed E-state index contributed by atoms with van der Waals surface area (Å²) in [7, 11) is 1.73. The maximum absolute atomic E-state index is 12.5. The number of carbonyl (C=O) groups excluding carboxylic acids is 1. The standard InChI is InChI=1S/C16H26N2O2/c1-20-13-7-14(17-8-13)16(19)18-15-11-3-9-2-10(5-11)6-12(15)4-9/h9-15,17H,2-8H2,1H3,(H,18,19). The van der Waals surface area contributed by atoms with Crippen LogP contribution in [0.3, 0.4) is 0 Å². The maximum atomic E-state index is 12.5. The number of rotatable bonds is 3. The number of nitrogens with one attached hydrogen (secondary N) is 2. The first-order valence-corrected chi connectivity index (χ1v) is 8.29. The van der Waals surface area contributed by atoms with E-state index in [1.54, 1.807) is 7.11 Å². The first kappa shape index (κ1) is 13.1. The third kappa shape index (κ3) is 2.17. The molecule has 5 rings (SSSR count). The van der Waals surface area contributed by atoms with Crippen LogP contribution in [-0.4, -0.2) is 37.7 Å². The summed E-state index contributed by atoms with van der Waals surface area (Å²) in [5.74, 6) is 3.66. The summed E-state index contributed by atoms with van der Waals surface area (Å²) in [6.07, 6.45) is 7.91. The molecule has 2 atom stereocenters. The zero-order valence-electron chi connectivity index (χ0n) is 12.3. The number of hydrogen-bond acceptors (Lipinski definition) is 3. The highest BCUT2D eigenvalue weighted by Crippen LogP contribution is 2.53. The van der Waals surface area contributed by atoms with Crippen molar-refractivity contribution in [1.82, 2.24) is 10.6 Å². The van der Waals surface area contributed by atoms with E-state index in [0.717, 1.165) is 36.6 Å². The minimum absolute atomic E-state index is 0.0443. The van der Waals surface area contributed by atoms with Crippen LogP contribution in [0.2, 0.25) is 0 Å². The molecule has 0 radical (unpaired) electrons. The van der Waals surface area contributed by atoms with Gasteiger partial charge < -0.3 is 15.4 Å². The third-order valence-corrected chi connectivity index (χ3v) is 6.28. The summed E-state index contributed by atoms with van der Waals surface area (Å²) >= 11 is 0. The van der Waals surface area contributed by atoms with E-state index in [4.69, 9.17) is 4.74 Å². The van der Waals surface area contributed by atoms with Gasteiger partial charge in [0.2, 0.25) is 5.91 Å². The minimum Gasteiger partial charge on any atom is -0.380 e. The molecule has 0 aromatic carbocycles. The van der Waals surface area contributed by atoms with E-state index in [1.165, 1.54) is 32.1 Å². The van der Waals surface area contributed by atoms with Gasteiger partial charge in [0, 0.05) is 19.7 Å². The summed E-state index contributed by atoms with van der Waals surface area (Å²) in [5, 5.41) is 6.68. The summed E-state index contributed by atoms with van der Waals surface area (Å²) in [4.78, 5) is 12.5. The van der Waals surface area contributed by atoms with Gasteiger partial charge in [0.25, 0.3) is 0 Å². The lowest BCUT2D eigenvalue weighted by atomic mass is 9.54. The van der Waals surface area contributed by atoms with Gasteiger partial charge in [0.05, 0.1) is 12.1 Å². The summed E-state index contributed by atoms with van der Waals surface area (Å²) in [5.41, 5.74) is 0. The van der Waals surface area contributed by atoms with Gasteiger partial charge >= 0.3 is 0 Å². The topological polar surface area (TPSA) is 50.4 Å². The lowest BCUT2D eigenvalue weighted by Gasteiger charge is -2.54. The van der Waals surface area contributed by atoms with E-state index in [2.05, 4.69) is 10.6 Å². The highest BCUT2D eigenvalue weighted by molar-refractivity contribution is 5.82. The van der Waals surface area contributed by atoms with Crippen molar-refractivity contribution in [2.24, 2.45) is 23.7 Å². The van der Waals surface area contributed by atoms with Gasteiger partial charge in [-0.2, -0.15) is 0 Å². The van der Waals surface area contributed by atoms with Crippen molar-refractivity contribution < 1.29 is 9.53 Å². The summed E-state index contributed by atoms with van der Waals surface area (Å²) < 4.78 is 5.33. The maximum Gasteiger partial charge on any atom is 0.237 e. The average molecular weight is 278 g/mol. The quantitative estimate of drug-likeness (QED) is 0.818. The zero-order chi connectivity index (χ0) is 13.7. The van der Waals surface area contributed by atoms with Gasteiger partial charge in [0.15, 0.2) is 0 Å². The summed E-state index contributed by atoms with van der Waals surface area (Å²) in [6, 6.07) is 0.413. The van der Waals surface area contributed by atoms with Gasteiger partial charge in [-0.1, -0.05) is 0 Å². The highest BCUT2D eigenvalue weighted by atomic mass is 16.5. The van der Waals surface area contributed by atoms with Crippen molar-refractivity contribution >= 4 is 5.91 Å². The largest absolute Gasteiger partial charge is 0.380 e. The van der Waals surface area contributed by atoms with Crippen LogP contribution < -0.4 is 10.6 Å². The van der Waals surface area contributed by atoms with Crippen molar-refractivity contribution in [3.05, 3.63) is 0 Å².